The maximum atomic E-state index is 15.1. The van der Waals surface area contributed by atoms with E-state index in [1.54, 1.807) is 56.8 Å². The molecule has 0 aliphatic carbocycles. The number of aromatic nitrogens is 4. The van der Waals surface area contributed by atoms with Crippen LogP contribution in [0.2, 0.25) is 0 Å². The van der Waals surface area contributed by atoms with Crippen molar-refractivity contribution in [2.75, 3.05) is 26.1 Å². The van der Waals surface area contributed by atoms with Crippen LogP contribution in [0.1, 0.15) is 73.8 Å². The summed E-state index contributed by atoms with van der Waals surface area (Å²) >= 11 is -1.39. The predicted molar refractivity (Wildman–Crippen MR) is 189 cm³/mol. The van der Waals surface area contributed by atoms with E-state index in [1.807, 2.05) is 38.7 Å². The average Bonchev–Trinajstić information content (AvgIpc) is 3.55. The number of fused-ring (bicyclic) bond motifs is 3. The van der Waals surface area contributed by atoms with E-state index in [-0.39, 0.29) is 46.9 Å². The van der Waals surface area contributed by atoms with E-state index in [0.717, 1.165) is 17.2 Å². The number of carbonyl (C=O) groups excluding carboxylic acids is 1. The Morgan fingerprint density at radius 1 is 1.08 bits per heavy atom. The molecule has 0 radical (unpaired) electrons. The number of nitrogens with one attached hydrogen (secondary N) is 1. The summed E-state index contributed by atoms with van der Waals surface area (Å²) in [5.41, 5.74) is 2.24. The molecule has 0 saturated carbocycles. The summed E-state index contributed by atoms with van der Waals surface area (Å²) < 4.78 is 57.8. The molecule has 3 atom stereocenters. The van der Waals surface area contributed by atoms with Gasteiger partial charge in [0.1, 0.15) is 38.9 Å². The molecule has 1 fully saturated rings. The first-order valence-corrected chi connectivity index (χ1v) is 17.3. The number of halogens is 2. The summed E-state index contributed by atoms with van der Waals surface area (Å²) in [6.45, 7) is 8.17. The molecule has 262 valence electrons. The van der Waals surface area contributed by atoms with Crippen molar-refractivity contribution in [3.63, 3.8) is 0 Å². The number of benzene rings is 3. The van der Waals surface area contributed by atoms with Gasteiger partial charge < -0.3 is 24.2 Å². The Bertz CT molecular complexity index is 2070. The molecule has 2 aromatic heterocycles. The van der Waals surface area contributed by atoms with E-state index in [0.29, 0.717) is 42.3 Å². The highest BCUT2D eigenvalue weighted by Crippen LogP contribution is 2.33. The van der Waals surface area contributed by atoms with Gasteiger partial charge in [-0.1, -0.05) is 16.5 Å². The van der Waals surface area contributed by atoms with Gasteiger partial charge in [0, 0.05) is 48.3 Å². The summed E-state index contributed by atoms with van der Waals surface area (Å²) in [5, 5.41) is 8.20. The molecule has 5 aromatic rings. The molecule has 1 unspecified atom stereocenters. The molecule has 0 bridgehead atoms. The fourth-order valence-corrected chi connectivity index (χ4v) is 6.39. The van der Waals surface area contributed by atoms with E-state index in [2.05, 4.69) is 14.7 Å². The third-order valence-corrected chi connectivity index (χ3v) is 10.1. The smallest absolute Gasteiger partial charge is 0.254 e. The quantitative estimate of drug-likeness (QED) is 0.137. The van der Waals surface area contributed by atoms with Gasteiger partial charge in [0.25, 0.3) is 5.91 Å². The topological polar surface area (TPSA) is 129 Å². The zero-order chi connectivity index (χ0) is 35.7. The van der Waals surface area contributed by atoms with Gasteiger partial charge >= 0.3 is 0 Å². The summed E-state index contributed by atoms with van der Waals surface area (Å²) in [6, 6.07) is 14.4. The maximum absolute atomic E-state index is 15.1. The Labute approximate surface area is 292 Å². The number of hydrogen-bond donors (Lipinski definition) is 1. The lowest BCUT2D eigenvalue weighted by Gasteiger charge is -2.37. The van der Waals surface area contributed by atoms with E-state index in [9.17, 15) is 13.7 Å². The fraction of sp³-hybridized carbons (Fsp3) is 0.361. The molecule has 14 heteroatoms. The number of rotatable bonds is 9. The third-order valence-electron chi connectivity index (χ3n) is 8.73. The molecule has 1 aliphatic rings. The van der Waals surface area contributed by atoms with Crippen molar-refractivity contribution in [3.05, 3.63) is 88.7 Å². The lowest BCUT2D eigenvalue weighted by atomic mass is 9.92. The fourth-order valence-electron chi connectivity index (χ4n) is 5.86. The minimum absolute atomic E-state index is 0.0337. The standard InChI is InChI=1S/C36H39F2N7O4S/c1-21-7-10-25(20-44(21)34(46)23-11-8-22(9-12-23)18-40-50(47)36(2,3)4)32-42-33-28-15-26(37)16-29(38)31(28)41-35(45(33)43-32)39-19-24-13-14-27(48-5)17-30(24)49-6/h8-9,11-18,21,25H,7,10,19-20H2,1-6H3,(H,39,41)/t21-,25+,50?/m0/s1. The molecular weight excluding hydrogens is 665 g/mol. The molecule has 6 rings (SSSR count). The highest BCUT2D eigenvalue weighted by molar-refractivity contribution is 7.91. The number of nitrogens with zero attached hydrogens (tertiary/aromatic N) is 6. The number of ether oxygens (including phenoxy) is 2. The van der Waals surface area contributed by atoms with Crippen LogP contribution < -0.4 is 14.8 Å². The van der Waals surface area contributed by atoms with Crippen LogP contribution in [0.3, 0.4) is 0 Å². The van der Waals surface area contributed by atoms with Crippen molar-refractivity contribution >= 4 is 46.0 Å². The van der Waals surface area contributed by atoms with Crippen molar-refractivity contribution in [1.29, 1.82) is 0 Å². The highest BCUT2D eigenvalue weighted by atomic mass is 32.2. The van der Waals surface area contributed by atoms with Crippen molar-refractivity contribution in [1.82, 2.24) is 24.5 Å². The van der Waals surface area contributed by atoms with Crippen LogP contribution in [-0.2, 0) is 17.9 Å². The molecule has 1 aliphatic heterocycles. The van der Waals surface area contributed by atoms with Crippen LogP contribution in [0.15, 0.2) is 59.0 Å². The SMILES string of the molecule is COc1ccc(CNc2nc3c(F)cc(F)cc3c3nc([C@@H]4CC[C@H](C)N(C(=O)c5ccc(C=N[S+]([O-])C(C)(C)C)cc5)C4)nn23)c(OC)c1. The molecule has 50 heavy (non-hydrogen) atoms. The van der Waals surface area contributed by atoms with Gasteiger partial charge in [-0.25, -0.2) is 18.7 Å². The zero-order valence-electron chi connectivity index (χ0n) is 28.7. The Balaban J connectivity index is 1.28. The number of piperidine rings is 1. The molecule has 1 amide bonds. The van der Waals surface area contributed by atoms with Gasteiger partial charge in [-0.3, -0.25) is 4.79 Å². The Hall–Kier alpha value is -4.82. The molecule has 3 aromatic carbocycles. The normalized spacial score (nSPS) is 17.4. The number of carbonyl (C=O) groups is 1. The van der Waals surface area contributed by atoms with Gasteiger partial charge in [0.05, 0.1) is 25.8 Å². The van der Waals surface area contributed by atoms with Crippen molar-refractivity contribution in [2.45, 2.75) is 63.8 Å². The number of likely N-dealkylation sites (tertiary alicyclic amines) is 1. The van der Waals surface area contributed by atoms with Gasteiger partial charge in [-0.05, 0) is 76.4 Å². The van der Waals surface area contributed by atoms with Crippen LogP contribution >= 0.6 is 0 Å². The van der Waals surface area contributed by atoms with E-state index < -0.39 is 27.7 Å². The lowest BCUT2D eigenvalue weighted by molar-refractivity contribution is 0.0606. The van der Waals surface area contributed by atoms with Crippen molar-refractivity contribution < 1.29 is 27.6 Å². The number of anilines is 1. The zero-order valence-corrected chi connectivity index (χ0v) is 29.6. The van der Waals surface area contributed by atoms with Gasteiger partial charge in [-0.15, -0.1) is 5.10 Å². The largest absolute Gasteiger partial charge is 0.591 e. The van der Waals surface area contributed by atoms with Crippen molar-refractivity contribution in [2.24, 2.45) is 4.40 Å². The number of amides is 1. The molecular formula is C36H39F2N7O4S. The second kappa shape index (κ2) is 14.2. The lowest BCUT2D eigenvalue weighted by Crippen LogP contribution is -2.45. The van der Waals surface area contributed by atoms with Crippen LogP contribution in [0, 0.1) is 11.6 Å². The second-order valence-electron chi connectivity index (χ2n) is 13.3. The Morgan fingerprint density at radius 2 is 1.84 bits per heavy atom. The minimum Gasteiger partial charge on any atom is -0.591 e. The van der Waals surface area contributed by atoms with Crippen LogP contribution in [-0.4, -0.2) is 72.7 Å². The summed E-state index contributed by atoms with van der Waals surface area (Å²) in [7, 11) is 3.12. The molecule has 3 heterocycles. The minimum atomic E-state index is -1.39. The molecule has 0 spiro atoms. The van der Waals surface area contributed by atoms with E-state index >= 15 is 4.39 Å². The monoisotopic (exact) mass is 703 g/mol. The van der Waals surface area contributed by atoms with Crippen LogP contribution in [0.25, 0.3) is 16.6 Å². The Morgan fingerprint density at radius 3 is 2.54 bits per heavy atom. The predicted octanol–water partition coefficient (Wildman–Crippen LogP) is 6.47. The van der Waals surface area contributed by atoms with Crippen LogP contribution in [0.4, 0.5) is 14.7 Å². The summed E-state index contributed by atoms with van der Waals surface area (Å²) in [6.07, 6.45) is 2.97. The summed E-state index contributed by atoms with van der Waals surface area (Å²) in [5.74, 6) is -0.0826. The van der Waals surface area contributed by atoms with Gasteiger partial charge in [-0.2, -0.15) is 4.52 Å². The number of hydrogen-bond acceptors (Lipinski definition) is 9. The van der Waals surface area contributed by atoms with E-state index in [1.165, 1.54) is 10.6 Å². The van der Waals surface area contributed by atoms with Crippen molar-refractivity contribution in [3.8, 4) is 11.5 Å². The number of methoxy groups -OCH3 is 2. The summed E-state index contributed by atoms with van der Waals surface area (Å²) in [4.78, 5) is 24.9. The second-order valence-corrected chi connectivity index (χ2v) is 15.2. The third kappa shape index (κ3) is 7.22. The molecule has 1 saturated heterocycles. The maximum Gasteiger partial charge on any atom is 0.254 e. The Kier molecular flexibility index (Phi) is 9.94. The molecule has 1 N–H and O–H groups in total. The first-order chi connectivity index (χ1) is 23.9. The van der Waals surface area contributed by atoms with Crippen LogP contribution in [0.5, 0.6) is 11.5 Å². The van der Waals surface area contributed by atoms with Gasteiger partial charge in [0.15, 0.2) is 17.3 Å². The van der Waals surface area contributed by atoms with E-state index in [4.69, 9.17) is 19.6 Å². The average molecular weight is 704 g/mol. The first kappa shape index (κ1) is 35.0. The van der Waals surface area contributed by atoms with Gasteiger partial charge in [0.2, 0.25) is 5.95 Å². The highest BCUT2D eigenvalue weighted by Gasteiger charge is 2.33. The first-order valence-electron chi connectivity index (χ1n) is 16.2. The molecule has 11 nitrogen and oxygen atoms in total.